The SMILES string of the molecule is COCCOCCOC(=O)COC(=O)C(F)(F)S(=O)(=O)O. The molecule has 0 aromatic carbocycles. The molecule has 0 heterocycles. The van der Waals surface area contributed by atoms with Crippen molar-refractivity contribution in [3.05, 3.63) is 0 Å². The van der Waals surface area contributed by atoms with E-state index in [9.17, 15) is 26.8 Å². The van der Waals surface area contributed by atoms with Crippen LogP contribution in [0.5, 0.6) is 0 Å². The maximum atomic E-state index is 12.7. The second-order valence-corrected chi connectivity index (χ2v) is 4.86. The van der Waals surface area contributed by atoms with E-state index >= 15 is 0 Å². The van der Waals surface area contributed by atoms with Gasteiger partial charge in [-0.05, 0) is 0 Å². The molecule has 0 bridgehead atoms. The van der Waals surface area contributed by atoms with Gasteiger partial charge >= 0.3 is 27.3 Å². The molecule has 0 saturated heterocycles. The van der Waals surface area contributed by atoms with Crippen LogP contribution in [0.3, 0.4) is 0 Å². The Labute approximate surface area is 118 Å². The van der Waals surface area contributed by atoms with Gasteiger partial charge in [0.1, 0.15) is 6.61 Å². The van der Waals surface area contributed by atoms with E-state index in [2.05, 4.69) is 14.2 Å². The fourth-order valence-electron chi connectivity index (χ4n) is 0.814. The average molecular weight is 336 g/mol. The van der Waals surface area contributed by atoms with Gasteiger partial charge in [-0.1, -0.05) is 0 Å². The third-order valence-corrected chi connectivity index (χ3v) is 2.62. The molecule has 124 valence electrons. The molecule has 0 aliphatic rings. The lowest BCUT2D eigenvalue weighted by Crippen LogP contribution is -2.39. The predicted molar refractivity (Wildman–Crippen MR) is 61.1 cm³/mol. The summed E-state index contributed by atoms with van der Waals surface area (Å²) in [6, 6.07) is 0. The van der Waals surface area contributed by atoms with Crippen LogP contribution in [-0.2, 0) is 38.7 Å². The molecule has 0 fully saturated rings. The minimum Gasteiger partial charge on any atom is -0.461 e. The Morgan fingerprint density at radius 3 is 2.19 bits per heavy atom. The molecular formula is C9H14F2O9S. The molecule has 0 unspecified atom stereocenters. The van der Waals surface area contributed by atoms with E-state index in [1.54, 1.807) is 0 Å². The molecule has 0 saturated carbocycles. The van der Waals surface area contributed by atoms with Gasteiger partial charge in [0.2, 0.25) is 0 Å². The van der Waals surface area contributed by atoms with E-state index in [0.29, 0.717) is 6.61 Å². The van der Waals surface area contributed by atoms with Crippen LogP contribution in [0.1, 0.15) is 0 Å². The van der Waals surface area contributed by atoms with Gasteiger partial charge in [0.15, 0.2) is 6.61 Å². The van der Waals surface area contributed by atoms with E-state index in [0.717, 1.165) is 0 Å². The normalized spacial score (nSPS) is 12.0. The van der Waals surface area contributed by atoms with Crippen molar-refractivity contribution < 1.29 is 50.3 Å². The highest BCUT2D eigenvalue weighted by atomic mass is 32.2. The summed E-state index contributed by atoms with van der Waals surface area (Å²) in [5.41, 5.74) is 0. The first-order valence-electron chi connectivity index (χ1n) is 5.37. The molecule has 1 N–H and O–H groups in total. The van der Waals surface area contributed by atoms with Crippen molar-refractivity contribution in [2.45, 2.75) is 5.25 Å². The molecule has 0 spiro atoms. The number of halogens is 2. The average Bonchev–Trinajstić information content (AvgIpc) is 2.38. The Morgan fingerprint density at radius 2 is 1.67 bits per heavy atom. The first kappa shape index (κ1) is 19.6. The first-order valence-corrected chi connectivity index (χ1v) is 6.81. The van der Waals surface area contributed by atoms with Gasteiger partial charge in [0.05, 0.1) is 19.8 Å². The number of hydrogen-bond donors (Lipinski definition) is 1. The van der Waals surface area contributed by atoms with E-state index in [-0.39, 0.29) is 19.8 Å². The second kappa shape index (κ2) is 8.81. The summed E-state index contributed by atoms with van der Waals surface area (Å²) in [4.78, 5) is 21.7. The quantitative estimate of drug-likeness (QED) is 0.310. The highest BCUT2D eigenvalue weighted by Gasteiger charge is 2.54. The zero-order valence-electron chi connectivity index (χ0n) is 10.9. The fraction of sp³-hybridized carbons (Fsp3) is 0.778. The predicted octanol–water partition coefficient (Wildman–Crippen LogP) is -0.784. The zero-order chi connectivity index (χ0) is 16.5. The topological polar surface area (TPSA) is 125 Å². The molecule has 0 radical (unpaired) electrons. The third kappa shape index (κ3) is 7.27. The summed E-state index contributed by atoms with van der Waals surface area (Å²) in [5, 5.41) is -5.16. The van der Waals surface area contributed by atoms with Crippen molar-refractivity contribution in [3.63, 3.8) is 0 Å². The van der Waals surface area contributed by atoms with E-state index in [1.807, 2.05) is 0 Å². The van der Waals surface area contributed by atoms with E-state index in [4.69, 9.17) is 9.29 Å². The van der Waals surface area contributed by atoms with Crippen LogP contribution in [0.4, 0.5) is 8.78 Å². The largest absolute Gasteiger partial charge is 0.465 e. The van der Waals surface area contributed by atoms with Crippen LogP contribution in [-0.4, -0.2) is 70.3 Å². The molecule has 0 amide bonds. The molecule has 0 rings (SSSR count). The Morgan fingerprint density at radius 1 is 1.10 bits per heavy atom. The Bertz CT molecular complexity index is 448. The van der Waals surface area contributed by atoms with Crippen LogP contribution in [0, 0.1) is 0 Å². The van der Waals surface area contributed by atoms with Gasteiger partial charge in [0.25, 0.3) is 0 Å². The monoisotopic (exact) mass is 336 g/mol. The van der Waals surface area contributed by atoms with Crippen molar-refractivity contribution in [2.75, 3.05) is 40.1 Å². The number of ether oxygens (including phenoxy) is 4. The number of carbonyl (C=O) groups is 2. The van der Waals surface area contributed by atoms with Crippen molar-refractivity contribution in [3.8, 4) is 0 Å². The third-order valence-electron chi connectivity index (χ3n) is 1.81. The van der Waals surface area contributed by atoms with Gasteiger partial charge in [-0.15, -0.1) is 0 Å². The molecule has 21 heavy (non-hydrogen) atoms. The Balaban J connectivity index is 3.96. The summed E-state index contributed by atoms with van der Waals surface area (Å²) < 4.78 is 71.6. The molecule has 0 atom stereocenters. The minimum absolute atomic E-state index is 0.00419. The first-order chi connectivity index (χ1) is 9.63. The van der Waals surface area contributed by atoms with Gasteiger partial charge in [0, 0.05) is 7.11 Å². The molecule has 9 nitrogen and oxygen atoms in total. The Kier molecular flexibility index (Phi) is 8.24. The molecule has 0 aliphatic carbocycles. The Hall–Kier alpha value is -1.37. The number of carbonyl (C=O) groups excluding carboxylic acids is 2. The van der Waals surface area contributed by atoms with Crippen molar-refractivity contribution >= 4 is 22.1 Å². The van der Waals surface area contributed by atoms with Crippen LogP contribution < -0.4 is 0 Å². The van der Waals surface area contributed by atoms with Crippen LogP contribution in [0.25, 0.3) is 0 Å². The number of rotatable bonds is 10. The number of alkyl halides is 2. The summed E-state index contributed by atoms with van der Waals surface area (Å²) in [6.07, 6.45) is 0. The van der Waals surface area contributed by atoms with Gasteiger partial charge in [-0.25, -0.2) is 9.59 Å². The second-order valence-electron chi connectivity index (χ2n) is 3.39. The molecule has 0 aromatic heterocycles. The van der Waals surface area contributed by atoms with Crippen molar-refractivity contribution in [1.29, 1.82) is 0 Å². The smallest absolute Gasteiger partial charge is 0.461 e. The summed E-state index contributed by atoms with van der Waals surface area (Å²) in [6.45, 7) is -0.874. The van der Waals surface area contributed by atoms with Gasteiger partial charge in [-0.2, -0.15) is 17.2 Å². The van der Waals surface area contributed by atoms with Crippen LogP contribution in [0.15, 0.2) is 0 Å². The van der Waals surface area contributed by atoms with Crippen LogP contribution >= 0.6 is 0 Å². The van der Waals surface area contributed by atoms with E-state index < -0.39 is 33.9 Å². The van der Waals surface area contributed by atoms with Crippen LogP contribution in [0.2, 0.25) is 0 Å². The highest BCUT2D eigenvalue weighted by molar-refractivity contribution is 7.87. The molecular weight excluding hydrogens is 322 g/mol. The lowest BCUT2D eigenvalue weighted by molar-refractivity contribution is -0.170. The van der Waals surface area contributed by atoms with Crippen molar-refractivity contribution in [2.24, 2.45) is 0 Å². The number of esters is 2. The molecule has 0 aliphatic heterocycles. The molecule has 0 aromatic rings. The standard InChI is InChI=1S/C9H14F2O9S/c1-17-2-3-18-4-5-19-7(12)6-20-8(13)9(10,11)21(14,15)16/h2-6H2,1H3,(H,14,15,16). The van der Waals surface area contributed by atoms with Gasteiger partial charge in [-0.3, -0.25) is 4.55 Å². The minimum atomic E-state index is -5.97. The summed E-state index contributed by atoms with van der Waals surface area (Å²) in [5.74, 6) is -3.77. The van der Waals surface area contributed by atoms with Crippen molar-refractivity contribution in [1.82, 2.24) is 0 Å². The maximum absolute atomic E-state index is 12.7. The lowest BCUT2D eigenvalue weighted by atomic mass is 10.6. The van der Waals surface area contributed by atoms with E-state index in [1.165, 1.54) is 7.11 Å². The number of methoxy groups -OCH3 is 1. The zero-order valence-corrected chi connectivity index (χ0v) is 11.7. The van der Waals surface area contributed by atoms with Gasteiger partial charge < -0.3 is 18.9 Å². The fourth-order valence-corrected chi connectivity index (χ4v) is 1.08. The highest BCUT2D eigenvalue weighted by Crippen LogP contribution is 2.21. The maximum Gasteiger partial charge on any atom is 0.465 e. The molecule has 12 heteroatoms. The summed E-state index contributed by atoms with van der Waals surface area (Å²) >= 11 is 0. The lowest BCUT2D eigenvalue weighted by Gasteiger charge is -2.11. The summed E-state index contributed by atoms with van der Waals surface area (Å²) in [7, 11) is -4.51. The number of hydrogen-bond acceptors (Lipinski definition) is 8.